The van der Waals surface area contributed by atoms with Crippen LogP contribution in [0.4, 0.5) is 0 Å². The topological polar surface area (TPSA) is 42.2 Å². The number of nitriles is 1. The molecule has 0 amide bonds. The van der Waals surface area contributed by atoms with E-state index in [1.54, 1.807) is 37.5 Å². The zero-order chi connectivity index (χ0) is 16.1. The van der Waals surface area contributed by atoms with Gasteiger partial charge in [-0.2, -0.15) is 5.26 Å². The molecule has 0 aliphatic heterocycles. The van der Waals surface area contributed by atoms with Gasteiger partial charge in [-0.1, -0.05) is 41.4 Å². The minimum atomic E-state index is 0.416. The SMILES string of the molecule is COc1cc(Cl)c(C=C(C#N)c2ccccc2Cl)cc1OC. The van der Waals surface area contributed by atoms with Gasteiger partial charge in [0.15, 0.2) is 11.5 Å². The molecule has 0 aromatic heterocycles. The summed E-state index contributed by atoms with van der Waals surface area (Å²) < 4.78 is 10.4. The molecule has 0 aliphatic rings. The van der Waals surface area contributed by atoms with Gasteiger partial charge in [-0.05, 0) is 23.8 Å². The first-order valence-corrected chi connectivity index (χ1v) is 7.14. The van der Waals surface area contributed by atoms with E-state index < -0.39 is 0 Å². The predicted molar refractivity (Wildman–Crippen MR) is 89.5 cm³/mol. The average Bonchev–Trinajstić information content (AvgIpc) is 2.54. The van der Waals surface area contributed by atoms with Crippen LogP contribution >= 0.6 is 23.2 Å². The van der Waals surface area contributed by atoms with Crippen LogP contribution in [0.1, 0.15) is 11.1 Å². The van der Waals surface area contributed by atoms with Crippen molar-refractivity contribution >= 4 is 34.9 Å². The van der Waals surface area contributed by atoms with Crippen LogP contribution in [0.2, 0.25) is 10.0 Å². The van der Waals surface area contributed by atoms with Crippen molar-refractivity contribution in [1.82, 2.24) is 0 Å². The van der Waals surface area contributed by atoms with E-state index in [0.29, 0.717) is 38.2 Å². The Labute approximate surface area is 139 Å². The van der Waals surface area contributed by atoms with Gasteiger partial charge in [0.1, 0.15) is 0 Å². The number of hydrogen-bond acceptors (Lipinski definition) is 3. The summed E-state index contributed by atoms with van der Waals surface area (Å²) >= 11 is 12.4. The van der Waals surface area contributed by atoms with Gasteiger partial charge in [0.25, 0.3) is 0 Å². The van der Waals surface area contributed by atoms with Crippen molar-refractivity contribution in [2.24, 2.45) is 0 Å². The number of nitrogens with zero attached hydrogens (tertiary/aromatic N) is 1. The third-order valence-electron chi connectivity index (χ3n) is 3.09. The molecule has 112 valence electrons. The number of ether oxygens (including phenoxy) is 2. The average molecular weight is 334 g/mol. The summed E-state index contributed by atoms with van der Waals surface area (Å²) in [5.74, 6) is 1.07. The van der Waals surface area contributed by atoms with E-state index in [9.17, 15) is 5.26 Å². The molecule has 0 radical (unpaired) electrons. The molecule has 3 nitrogen and oxygen atoms in total. The maximum atomic E-state index is 9.41. The van der Waals surface area contributed by atoms with Crippen molar-refractivity contribution in [1.29, 1.82) is 5.26 Å². The highest BCUT2D eigenvalue weighted by Crippen LogP contribution is 2.35. The monoisotopic (exact) mass is 333 g/mol. The van der Waals surface area contributed by atoms with Gasteiger partial charge in [-0.3, -0.25) is 0 Å². The highest BCUT2D eigenvalue weighted by atomic mass is 35.5. The van der Waals surface area contributed by atoms with E-state index in [2.05, 4.69) is 6.07 Å². The molecule has 0 bridgehead atoms. The summed E-state index contributed by atoms with van der Waals surface area (Å²) in [4.78, 5) is 0. The molecule has 0 unspecified atom stereocenters. The summed E-state index contributed by atoms with van der Waals surface area (Å²) in [6.07, 6.45) is 1.67. The Morgan fingerprint density at radius 1 is 1.05 bits per heavy atom. The largest absolute Gasteiger partial charge is 0.493 e. The maximum Gasteiger partial charge on any atom is 0.162 e. The molecular formula is C17H13Cl2NO2. The van der Waals surface area contributed by atoms with Gasteiger partial charge in [0, 0.05) is 16.7 Å². The van der Waals surface area contributed by atoms with Crippen molar-refractivity contribution < 1.29 is 9.47 Å². The minimum Gasteiger partial charge on any atom is -0.493 e. The fraction of sp³-hybridized carbons (Fsp3) is 0.118. The van der Waals surface area contributed by atoms with Crippen LogP contribution in [0.25, 0.3) is 11.6 Å². The smallest absolute Gasteiger partial charge is 0.162 e. The number of allylic oxidation sites excluding steroid dienone is 1. The summed E-state index contributed by atoms with van der Waals surface area (Å²) in [5, 5.41) is 10.4. The highest BCUT2D eigenvalue weighted by molar-refractivity contribution is 6.33. The second kappa shape index (κ2) is 7.22. The molecule has 0 atom stereocenters. The normalized spacial score (nSPS) is 11.0. The van der Waals surface area contributed by atoms with Gasteiger partial charge < -0.3 is 9.47 Å². The van der Waals surface area contributed by atoms with Crippen molar-refractivity contribution in [2.45, 2.75) is 0 Å². The molecule has 2 aromatic rings. The van der Waals surface area contributed by atoms with E-state index >= 15 is 0 Å². The standard InChI is InChI=1S/C17H13Cl2NO2/c1-21-16-8-11(15(19)9-17(16)22-2)7-12(10-20)13-5-3-4-6-14(13)18/h3-9H,1-2H3. The van der Waals surface area contributed by atoms with Crippen LogP contribution in [-0.2, 0) is 0 Å². The molecule has 22 heavy (non-hydrogen) atoms. The first-order chi connectivity index (χ1) is 10.6. The lowest BCUT2D eigenvalue weighted by molar-refractivity contribution is 0.355. The van der Waals surface area contributed by atoms with Crippen molar-refractivity contribution in [3.05, 3.63) is 57.6 Å². The van der Waals surface area contributed by atoms with Crippen molar-refractivity contribution in [3.63, 3.8) is 0 Å². The van der Waals surface area contributed by atoms with E-state index in [-0.39, 0.29) is 0 Å². The summed E-state index contributed by atoms with van der Waals surface area (Å²) in [7, 11) is 3.08. The summed E-state index contributed by atoms with van der Waals surface area (Å²) in [6, 6.07) is 12.7. The molecule has 0 N–H and O–H groups in total. The lowest BCUT2D eigenvalue weighted by Gasteiger charge is -2.10. The Morgan fingerprint density at radius 3 is 2.27 bits per heavy atom. The molecular weight excluding hydrogens is 321 g/mol. The van der Waals surface area contributed by atoms with Crippen LogP contribution in [-0.4, -0.2) is 14.2 Å². The van der Waals surface area contributed by atoms with E-state index in [0.717, 1.165) is 0 Å². The molecule has 0 spiro atoms. The molecule has 0 fully saturated rings. The van der Waals surface area contributed by atoms with Gasteiger partial charge >= 0.3 is 0 Å². The molecule has 0 heterocycles. The molecule has 0 aliphatic carbocycles. The van der Waals surface area contributed by atoms with E-state index in [1.807, 2.05) is 12.1 Å². The Balaban J connectivity index is 2.56. The second-order valence-electron chi connectivity index (χ2n) is 4.38. The highest BCUT2D eigenvalue weighted by Gasteiger charge is 2.11. The molecule has 0 saturated heterocycles. The zero-order valence-electron chi connectivity index (χ0n) is 12.1. The molecule has 0 saturated carbocycles. The first kappa shape index (κ1) is 16.2. The van der Waals surface area contributed by atoms with Crippen LogP contribution in [0.5, 0.6) is 11.5 Å². The fourth-order valence-electron chi connectivity index (χ4n) is 1.99. The Hall–Kier alpha value is -2.15. The number of halogens is 2. The number of methoxy groups -OCH3 is 2. The van der Waals surface area contributed by atoms with Crippen molar-refractivity contribution in [2.75, 3.05) is 14.2 Å². The van der Waals surface area contributed by atoms with Gasteiger partial charge in [-0.25, -0.2) is 0 Å². The predicted octanol–water partition coefficient (Wildman–Crippen LogP) is 5.07. The lowest BCUT2D eigenvalue weighted by Crippen LogP contribution is -1.92. The van der Waals surface area contributed by atoms with Crippen LogP contribution in [0.15, 0.2) is 36.4 Å². The second-order valence-corrected chi connectivity index (χ2v) is 5.19. The molecule has 2 aromatic carbocycles. The third-order valence-corrected chi connectivity index (χ3v) is 3.74. The van der Waals surface area contributed by atoms with Crippen LogP contribution < -0.4 is 9.47 Å². The van der Waals surface area contributed by atoms with E-state index in [4.69, 9.17) is 32.7 Å². The quantitative estimate of drug-likeness (QED) is 0.579. The van der Waals surface area contributed by atoms with Crippen LogP contribution in [0.3, 0.4) is 0 Å². The van der Waals surface area contributed by atoms with Gasteiger partial charge in [-0.15, -0.1) is 0 Å². The first-order valence-electron chi connectivity index (χ1n) is 6.39. The fourth-order valence-corrected chi connectivity index (χ4v) is 2.43. The number of hydrogen-bond donors (Lipinski definition) is 0. The number of benzene rings is 2. The Bertz CT molecular complexity index is 764. The molecule has 5 heteroatoms. The van der Waals surface area contributed by atoms with E-state index in [1.165, 1.54) is 7.11 Å². The van der Waals surface area contributed by atoms with Crippen molar-refractivity contribution in [3.8, 4) is 17.6 Å². The zero-order valence-corrected chi connectivity index (χ0v) is 13.6. The molecule has 2 rings (SSSR count). The number of rotatable bonds is 4. The third kappa shape index (κ3) is 3.36. The van der Waals surface area contributed by atoms with Crippen LogP contribution in [0, 0.1) is 11.3 Å². The lowest BCUT2D eigenvalue weighted by atomic mass is 10.0. The van der Waals surface area contributed by atoms with Gasteiger partial charge in [0.05, 0.1) is 30.9 Å². The maximum absolute atomic E-state index is 9.41. The summed E-state index contributed by atoms with van der Waals surface area (Å²) in [5.41, 5.74) is 1.72. The Morgan fingerprint density at radius 2 is 1.68 bits per heavy atom. The van der Waals surface area contributed by atoms with Gasteiger partial charge in [0.2, 0.25) is 0 Å². The summed E-state index contributed by atoms with van der Waals surface area (Å²) in [6.45, 7) is 0. The Kier molecular flexibility index (Phi) is 5.32. The minimum absolute atomic E-state index is 0.416.